The lowest BCUT2D eigenvalue weighted by atomic mass is 9.92. The second kappa shape index (κ2) is 5.55. The molecule has 5 nitrogen and oxygen atoms in total. The minimum Gasteiger partial charge on any atom is -0.480 e. The van der Waals surface area contributed by atoms with Crippen LogP contribution in [0.4, 0.5) is 0 Å². The van der Waals surface area contributed by atoms with E-state index in [9.17, 15) is 9.90 Å². The van der Waals surface area contributed by atoms with E-state index in [1.165, 1.54) is 0 Å². The molecule has 0 aromatic carbocycles. The van der Waals surface area contributed by atoms with Crippen LogP contribution in [-0.4, -0.2) is 59.9 Å². The van der Waals surface area contributed by atoms with E-state index in [1.807, 2.05) is 6.92 Å². The van der Waals surface area contributed by atoms with Crippen molar-refractivity contribution in [2.45, 2.75) is 50.7 Å². The summed E-state index contributed by atoms with van der Waals surface area (Å²) in [7, 11) is 0. The number of nitrogens with one attached hydrogen (secondary N) is 1. The Hall–Kier alpha value is -0.650. The van der Waals surface area contributed by atoms with Crippen molar-refractivity contribution in [1.82, 2.24) is 10.2 Å². The highest BCUT2D eigenvalue weighted by molar-refractivity contribution is 5.78. The van der Waals surface area contributed by atoms with Gasteiger partial charge in [0.1, 0.15) is 5.54 Å². The van der Waals surface area contributed by atoms with Crippen LogP contribution >= 0.6 is 0 Å². The van der Waals surface area contributed by atoms with E-state index in [4.69, 9.17) is 4.74 Å². The predicted octanol–water partition coefficient (Wildman–Crippen LogP) is 0.693. The second-order valence-electron chi connectivity index (χ2n) is 5.76. The molecule has 0 aromatic rings. The maximum absolute atomic E-state index is 11.5. The van der Waals surface area contributed by atoms with Crippen molar-refractivity contribution >= 4 is 5.97 Å². The van der Waals surface area contributed by atoms with Crippen LogP contribution in [0.15, 0.2) is 0 Å². The second-order valence-corrected chi connectivity index (χ2v) is 5.76. The van der Waals surface area contributed by atoms with Gasteiger partial charge in [-0.05, 0) is 33.1 Å². The van der Waals surface area contributed by atoms with Gasteiger partial charge in [-0.25, -0.2) is 0 Å². The van der Waals surface area contributed by atoms with Crippen molar-refractivity contribution in [1.29, 1.82) is 0 Å². The Balaban J connectivity index is 1.91. The Morgan fingerprint density at radius 3 is 2.61 bits per heavy atom. The first-order valence-electron chi connectivity index (χ1n) is 6.84. The summed E-state index contributed by atoms with van der Waals surface area (Å²) in [6.07, 6.45) is 2.85. The van der Waals surface area contributed by atoms with Crippen molar-refractivity contribution < 1.29 is 14.6 Å². The molecule has 2 N–H and O–H groups in total. The van der Waals surface area contributed by atoms with Crippen molar-refractivity contribution in [2.24, 2.45) is 0 Å². The van der Waals surface area contributed by atoms with E-state index in [-0.39, 0.29) is 6.04 Å². The molecular weight excluding hydrogens is 232 g/mol. The van der Waals surface area contributed by atoms with E-state index in [2.05, 4.69) is 17.1 Å². The summed E-state index contributed by atoms with van der Waals surface area (Å²) in [5, 5.41) is 12.7. The third kappa shape index (κ3) is 3.43. The Labute approximate surface area is 108 Å². The van der Waals surface area contributed by atoms with Gasteiger partial charge in [-0.1, -0.05) is 0 Å². The van der Waals surface area contributed by atoms with Crippen LogP contribution in [0, 0.1) is 0 Å². The highest BCUT2D eigenvalue weighted by Gasteiger charge is 2.40. The number of carboxylic acid groups (broad SMARTS) is 1. The van der Waals surface area contributed by atoms with Gasteiger partial charge in [-0.15, -0.1) is 0 Å². The Morgan fingerprint density at radius 1 is 1.50 bits per heavy atom. The number of aliphatic carboxylic acids is 1. The molecule has 2 unspecified atom stereocenters. The highest BCUT2D eigenvalue weighted by Crippen LogP contribution is 2.26. The third-order valence-electron chi connectivity index (χ3n) is 3.94. The van der Waals surface area contributed by atoms with E-state index >= 15 is 0 Å². The molecular formula is C13H24N2O3. The van der Waals surface area contributed by atoms with Crippen LogP contribution in [0.2, 0.25) is 0 Å². The molecule has 1 saturated heterocycles. The van der Waals surface area contributed by atoms with Gasteiger partial charge in [-0.3, -0.25) is 15.0 Å². The fraction of sp³-hybridized carbons (Fsp3) is 0.923. The average Bonchev–Trinajstić information content (AvgIpc) is 3.13. The fourth-order valence-corrected chi connectivity index (χ4v) is 2.62. The molecule has 1 aliphatic heterocycles. The highest BCUT2D eigenvalue weighted by atomic mass is 16.5. The first-order valence-corrected chi connectivity index (χ1v) is 6.84. The molecule has 0 radical (unpaired) electrons. The zero-order chi connectivity index (χ0) is 13.2. The molecule has 2 atom stereocenters. The lowest BCUT2D eigenvalue weighted by Crippen LogP contribution is -2.55. The maximum Gasteiger partial charge on any atom is 0.323 e. The minimum absolute atomic E-state index is 0.265. The number of ether oxygens (including phenoxy) is 1. The molecule has 0 bridgehead atoms. The van der Waals surface area contributed by atoms with Crippen molar-refractivity contribution in [3.8, 4) is 0 Å². The van der Waals surface area contributed by atoms with Crippen LogP contribution in [0.1, 0.15) is 33.1 Å². The Bertz CT molecular complexity index is 301. The van der Waals surface area contributed by atoms with Gasteiger partial charge in [0, 0.05) is 25.2 Å². The Morgan fingerprint density at radius 2 is 2.11 bits per heavy atom. The van der Waals surface area contributed by atoms with Crippen LogP contribution in [0.3, 0.4) is 0 Å². The summed E-state index contributed by atoms with van der Waals surface area (Å²) in [5.74, 6) is -0.741. The molecule has 1 heterocycles. The van der Waals surface area contributed by atoms with Crippen LogP contribution < -0.4 is 5.32 Å². The normalized spacial score (nSPS) is 26.6. The van der Waals surface area contributed by atoms with Crippen LogP contribution in [-0.2, 0) is 9.53 Å². The minimum atomic E-state index is -0.807. The van der Waals surface area contributed by atoms with Gasteiger partial charge in [-0.2, -0.15) is 0 Å². The zero-order valence-corrected chi connectivity index (χ0v) is 11.3. The number of morpholine rings is 1. The molecule has 5 heteroatoms. The number of carbonyl (C=O) groups is 1. The van der Waals surface area contributed by atoms with Crippen LogP contribution in [0.5, 0.6) is 0 Å². The molecule has 104 valence electrons. The molecule has 2 rings (SSSR count). The van der Waals surface area contributed by atoms with Crippen LogP contribution in [0.25, 0.3) is 0 Å². The largest absolute Gasteiger partial charge is 0.480 e. The quantitative estimate of drug-likeness (QED) is 0.732. The summed E-state index contributed by atoms with van der Waals surface area (Å²) >= 11 is 0. The summed E-state index contributed by atoms with van der Waals surface area (Å²) in [4.78, 5) is 13.8. The lowest BCUT2D eigenvalue weighted by Gasteiger charge is -2.37. The molecule has 2 fully saturated rings. The summed E-state index contributed by atoms with van der Waals surface area (Å²) < 4.78 is 5.33. The molecule has 1 aliphatic carbocycles. The monoisotopic (exact) mass is 256 g/mol. The predicted molar refractivity (Wildman–Crippen MR) is 68.7 cm³/mol. The molecule has 0 aromatic heterocycles. The van der Waals surface area contributed by atoms with Gasteiger partial charge in [0.25, 0.3) is 0 Å². The fourth-order valence-electron chi connectivity index (χ4n) is 2.62. The lowest BCUT2D eigenvalue weighted by molar-refractivity contribution is -0.145. The third-order valence-corrected chi connectivity index (χ3v) is 3.94. The number of hydrogen-bond donors (Lipinski definition) is 2. The summed E-state index contributed by atoms with van der Waals surface area (Å²) in [5.41, 5.74) is -0.807. The van der Waals surface area contributed by atoms with Gasteiger partial charge < -0.3 is 9.84 Å². The molecule has 1 saturated carbocycles. The smallest absolute Gasteiger partial charge is 0.323 e. The van der Waals surface area contributed by atoms with E-state index < -0.39 is 11.5 Å². The number of rotatable bonds is 6. The number of nitrogens with zero attached hydrogens (tertiary/aromatic N) is 1. The summed E-state index contributed by atoms with van der Waals surface area (Å²) in [6.45, 7) is 7.24. The van der Waals surface area contributed by atoms with Crippen molar-refractivity contribution in [3.05, 3.63) is 0 Å². The SMILES string of the molecule is CC(CC(C)(NC1CC1)C(=O)O)N1CCOCC1. The number of carboxylic acids is 1. The van der Waals surface area contributed by atoms with E-state index in [0.717, 1.165) is 39.1 Å². The van der Waals surface area contributed by atoms with Crippen molar-refractivity contribution in [2.75, 3.05) is 26.3 Å². The van der Waals surface area contributed by atoms with Crippen molar-refractivity contribution in [3.63, 3.8) is 0 Å². The molecule has 0 amide bonds. The topological polar surface area (TPSA) is 61.8 Å². The van der Waals surface area contributed by atoms with Gasteiger partial charge in [0.05, 0.1) is 13.2 Å². The maximum atomic E-state index is 11.5. The average molecular weight is 256 g/mol. The van der Waals surface area contributed by atoms with Gasteiger partial charge in [0.15, 0.2) is 0 Å². The number of hydrogen-bond acceptors (Lipinski definition) is 4. The zero-order valence-electron chi connectivity index (χ0n) is 11.3. The summed E-state index contributed by atoms with van der Waals surface area (Å²) in [6, 6.07) is 0.671. The molecule has 18 heavy (non-hydrogen) atoms. The van der Waals surface area contributed by atoms with Gasteiger partial charge in [0.2, 0.25) is 0 Å². The molecule has 0 spiro atoms. The first kappa shape index (κ1) is 13.8. The van der Waals surface area contributed by atoms with E-state index in [1.54, 1.807) is 0 Å². The molecule has 2 aliphatic rings. The Kier molecular flexibility index (Phi) is 4.25. The standard InChI is InChI=1S/C13H24N2O3/c1-10(15-5-7-18-8-6-15)9-13(2,12(16)17)14-11-3-4-11/h10-11,14H,3-9H2,1-2H3,(H,16,17). The first-order chi connectivity index (χ1) is 8.51. The van der Waals surface area contributed by atoms with Gasteiger partial charge >= 0.3 is 5.97 Å². The van der Waals surface area contributed by atoms with E-state index in [0.29, 0.717) is 12.5 Å².